The Kier molecular flexibility index (Phi) is 30.8. The van der Waals surface area contributed by atoms with Gasteiger partial charge in [0.2, 0.25) is 0 Å². The highest BCUT2D eigenvalue weighted by atomic mass is 16.4. The molecule has 0 fully saturated rings. The Hall–Kier alpha value is -3.22. The van der Waals surface area contributed by atoms with E-state index < -0.39 is 48.3 Å². The van der Waals surface area contributed by atoms with Gasteiger partial charge in [-0.15, -0.1) is 0 Å². The molecule has 148 valence electrons. The molecule has 0 aromatic heterocycles. The van der Waals surface area contributed by atoms with Crippen molar-refractivity contribution in [2.24, 2.45) is 5.73 Å². The zero-order chi connectivity index (χ0) is 21.7. The Bertz CT molecular complexity index is 368. The molecule has 0 heterocycles. The molecule has 0 saturated carbocycles. The van der Waals surface area contributed by atoms with Crippen molar-refractivity contribution in [3.8, 4) is 0 Å². The van der Waals surface area contributed by atoms with Crippen molar-refractivity contribution in [3.05, 3.63) is 0 Å². The number of hydrogen-bond acceptors (Lipinski definition) is 7. The van der Waals surface area contributed by atoms with Gasteiger partial charge in [0, 0.05) is 27.7 Å². The van der Waals surface area contributed by atoms with E-state index in [0.717, 1.165) is 27.7 Å². The predicted octanol–water partition coefficient (Wildman–Crippen LogP) is -0.763. The van der Waals surface area contributed by atoms with E-state index in [9.17, 15) is 9.59 Å². The van der Waals surface area contributed by atoms with E-state index in [2.05, 4.69) is 0 Å². The molecule has 0 aromatic carbocycles. The molecule has 0 rings (SSSR count). The van der Waals surface area contributed by atoms with Crippen molar-refractivity contribution >= 4 is 35.8 Å². The maximum atomic E-state index is 9.85. The van der Waals surface area contributed by atoms with Gasteiger partial charge in [0.25, 0.3) is 23.9 Å². The summed E-state index contributed by atoms with van der Waals surface area (Å²) in [4.78, 5) is 55.6. The third-order valence-electron chi connectivity index (χ3n) is 0.712. The molecule has 0 aliphatic rings. The van der Waals surface area contributed by atoms with Crippen LogP contribution in [0.15, 0.2) is 0 Å². The van der Waals surface area contributed by atoms with Crippen LogP contribution in [-0.4, -0.2) is 72.5 Å². The predicted molar refractivity (Wildman–Crippen MR) is 81.1 cm³/mol. The number of nitrogens with two attached hydrogens (primary N) is 1. The third kappa shape index (κ3) is 321. The molecule has 1 atom stereocenters. The highest BCUT2D eigenvalue weighted by molar-refractivity contribution is 5.80. The molecule has 13 nitrogen and oxygen atoms in total. The summed E-state index contributed by atoms with van der Waals surface area (Å²) in [7, 11) is 0. The van der Waals surface area contributed by atoms with Crippen LogP contribution >= 0.6 is 0 Å². The first-order valence-electron chi connectivity index (χ1n) is 5.95. The van der Waals surface area contributed by atoms with Crippen molar-refractivity contribution in [3.63, 3.8) is 0 Å². The molecular weight excluding hydrogens is 350 g/mol. The zero-order valence-electron chi connectivity index (χ0n) is 14.0. The molecule has 0 aliphatic heterocycles. The van der Waals surface area contributed by atoms with Crippen LogP contribution in [0, 0.1) is 0 Å². The minimum absolute atomic E-state index is 0.532. The maximum Gasteiger partial charge on any atom is 0.321 e. The smallest absolute Gasteiger partial charge is 0.321 e. The first-order chi connectivity index (χ1) is 11.0. The molecule has 0 aliphatic carbocycles. The van der Waals surface area contributed by atoms with Gasteiger partial charge in [0.15, 0.2) is 0 Å². The van der Waals surface area contributed by atoms with Gasteiger partial charge in [0.05, 0.1) is 6.42 Å². The van der Waals surface area contributed by atoms with Crippen LogP contribution < -0.4 is 5.73 Å². The van der Waals surface area contributed by atoms with Gasteiger partial charge in [-0.25, -0.2) is 0 Å². The third-order valence-corrected chi connectivity index (χ3v) is 0.712. The number of hydrogen-bond donors (Lipinski definition) is 7. The second-order valence-electron chi connectivity index (χ2n) is 3.62. The SMILES string of the molecule is CC(=O)O.CC(=O)O.CC(=O)O.CC(=O)O.N[C@@H](CC(=O)O)C(=O)O. The van der Waals surface area contributed by atoms with Gasteiger partial charge in [-0.2, -0.15) is 0 Å². The van der Waals surface area contributed by atoms with Crippen molar-refractivity contribution in [1.29, 1.82) is 0 Å². The minimum atomic E-state index is -1.29. The van der Waals surface area contributed by atoms with Crippen LogP contribution in [0.3, 0.4) is 0 Å². The molecule has 25 heavy (non-hydrogen) atoms. The first kappa shape index (κ1) is 33.4. The van der Waals surface area contributed by atoms with E-state index in [4.69, 9.17) is 55.6 Å². The largest absolute Gasteiger partial charge is 0.481 e. The molecule has 0 amide bonds. The summed E-state index contributed by atoms with van der Waals surface area (Å²) in [6, 6.07) is -1.29. The second kappa shape index (κ2) is 23.1. The summed E-state index contributed by atoms with van der Waals surface area (Å²) in [5.74, 6) is -5.83. The van der Waals surface area contributed by atoms with Crippen molar-refractivity contribution < 1.29 is 59.4 Å². The van der Waals surface area contributed by atoms with Crippen LogP contribution in [-0.2, 0) is 28.8 Å². The normalized spacial score (nSPS) is 8.52. The van der Waals surface area contributed by atoms with Crippen molar-refractivity contribution in [2.75, 3.05) is 0 Å². The lowest BCUT2D eigenvalue weighted by Gasteiger charge is -1.99. The Labute approximate surface area is 142 Å². The Morgan fingerprint density at radius 3 is 0.840 bits per heavy atom. The average Bonchev–Trinajstić information content (AvgIpc) is 2.23. The molecule has 0 saturated heterocycles. The maximum absolute atomic E-state index is 9.85. The Morgan fingerprint density at radius 1 is 0.640 bits per heavy atom. The van der Waals surface area contributed by atoms with Crippen LogP contribution in [0.1, 0.15) is 34.1 Å². The fourth-order valence-corrected chi connectivity index (χ4v) is 0.275. The molecular formula is C12H23NO12. The molecule has 0 aromatic rings. The lowest BCUT2D eigenvalue weighted by molar-refractivity contribution is -0.144. The molecule has 0 spiro atoms. The highest BCUT2D eigenvalue weighted by Crippen LogP contribution is 1.86. The molecule has 0 bridgehead atoms. The summed E-state index contributed by atoms with van der Waals surface area (Å²) in [6.07, 6.45) is -0.532. The van der Waals surface area contributed by atoms with E-state index in [-0.39, 0.29) is 0 Å². The quantitative estimate of drug-likeness (QED) is 0.321. The summed E-state index contributed by atoms with van der Waals surface area (Å²) >= 11 is 0. The number of carboxylic acids is 6. The Morgan fingerprint density at radius 2 is 0.800 bits per heavy atom. The molecule has 0 unspecified atom stereocenters. The van der Waals surface area contributed by atoms with Gasteiger partial charge in [-0.05, 0) is 0 Å². The minimum Gasteiger partial charge on any atom is -0.481 e. The van der Waals surface area contributed by atoms with Gasteiger partial charge >= 0.3 is 11.9 Å². The average molecular weight is 373 g/mol. The Balaban J connectivity index is -0.0000000714. The molecule has 13 heteroatoms. The number of aliphatic carboxylic acids is 6. The van der Waals surface area contributed by atoms with E-state index in [1.165, 1.54) is 0 Å². The van der Waals surface area contributed by atoms with Gasteiger partial charge in [-0.1, -0.05) is 0 Å². The van der Waals surface area contributed by atoms with E-state index >= 15 is 0 Å². The summed E-state index contributed by atoms with van der Waals surface area (Å²) in [5, 5.41) is 45.7. The standard InChI is InChI=1S/C4H7NO4.4C2H4O2/c5-2(4(8)9)1-3(6)7;4*1-2(3)4/h2H,1,5H2,(H,6,7)(H,8,9);4*1H3,(H,3,4)/t2-;;;;/m0..../s1. The summed E-state index contributed by atoms with van der Waals surface area (Å²) in [6.45, 7) is 4.33. The van der Waals surface area contributed by atoms with Crippen LogP contribution in [0.2, 0.25) is 0 Å². The lowest BCUT2D eigenvalue weighted by atomic mass is 10.2. The molecule has 8 N–H and O–H groups in total. The van der Waals surface area contributed by atoms with Gasteiger partial charge < -0.3 is 36.4 Å². The van der Waals surface area contributed by atoms with Crippen LogP contribution in [0.5, 0.6) is 0 Å². The van der Waals surface area contributed by atoms with Gasteiger partial charge in [0.1, 0.15) is 6.04 Å². The summed E-state index contributed by atoms with van der Waals surface area (Å²) < 4.78 is 0. The van der Waals surface area contributed by atoms with Crippen molar-refractivity contribution in [2.45, 2.75) is 40.2 Å². The number of carbonyl (C=O) groups is 6. The van der Waals surface area contributed by atoms with Crippen LogP contribution in [0.25, 0.3) is 0 Å². The lowest BCUT2D eigenvalue weighted by Crippen LogP contribution is -2.32. The monoisotopic (exact) mass is 373 g/mol. The van der Waals surface area contributed by atoms with Crippen LogP contribution in [0.4, 0.5) is 0 Å². The second-order valence-corrected chi connectivity index (χ2v) is 3.62. The fraction of sp³-hybridized carbons (Fsp3) is 0.500. The zero-order valence-corrected chi connectivity index (χ0v) is 14.0. The van der Waals surface area contributed by atoms with E-state index in [1.54, 1.807) is 0 Å². The van der Waals surface area contributed by atoms with E-state index in [0.29, 0.717) is 0 Å². The topological polar surface area (TPSA) is 250 Å². The number of rotatable bonds is 3. The first-order valence-corrected chi connectivity index (χ1v) is 5.95. The summed E-state index contributed by atoms with van der Waals surface area (Å²) in [5.41, 5.74) is 4.84. The highest BCUT2D eigenvalue weighted by Gasteiger charge is 2.14. The molecule has 0 radical (unpaired) electrons. The van der Waals surface area contributed by atoms with E-state index in [1.807, 2.05) is 0 Å². The van der Waals surface area contributed by atoms with Crippen molar-refractivity contribution in [1.82, 2.24) is 0 Å². The number of carboxylic acid groups (broad SMARTS) is 6. The fourth-order valence-electron chi connectivity index (χ4n) is 0.275. The van der Waals surface area contributed by atoms with Gasteiger partial charge in [-0.3, -0.25) is 28.8 Å².